The van der Waals surface area contributed by atoms with Gasteiger partial charge in [0.05, 0.1) is 5.69 Å². The highest BCUT2D eigenvalue weighted by Crippen LogP contribution is 2.19. The second kappa shape index (κ2) is 10.3. The number of amides is 1. The first-order chi connectivity index (χ1) is 13.4. The lowest BCUT2D eigenvalue weighted by atomic mass is 10.0. The molecular weight excluding hydrogens is 369 g/mol. The molecule has 150 valence electrons. The average Bonchev–Trinajstić information content (AvgIpc) is 2.71. The SMILES string of the molecule is CCNC(=NCC(=O)Nc1ccc(F)c(F)c1F)NCC(C)c1ccccc1. The lowest BCUT2D eigenvalue weighted by molar-refractivity contribution is -0.114. The fourth-order valence-corrected chi connectivity index (χ4v) is 2.45. The molecule has 0 saturated carbocycles. The van der Waals surface area contributed by atoms with Gasteiger partial charge in [-0.05, 0) is 30.5 Å². The van der Waals surface area contributed by atoms with Crippen LogP contribution in [0.15, 0.2) is 47.5 Å². The molecule has 8 heteroatoms. The van der Waals surface area contributed by atoms with Crippen LogP contribution in [0.4, 0.5) is 18.9 Å². The van der Waals surface area contributed by atoms with Crippen LogP contribution in [-0.4, -0.2) is 31.5 Å². The monoisotopic (exact) mass is 392 g/mol. The number of hydrogen-bond acceptors (Lipinski definition) is 2. The molecular formula is C20H23F3N4O. The summed E-state index contributed by atoms with van der Waals surface area (Å²) < 4.78 is 39.8. The molecule has 28 heavy (non-hydrogen) atoms. The minimum atomic E-state index is -1.63. The fourth-order valence-electron chi connectivity index (χ4n) is 2.45. The Morgan fingerprint density at radius 1 is 1.04 bits per heavy atom. The van der Waals surface area contributed by atoms with Crippen molar-refractivity contribution >= 4 is 17.6 Å². The second-order valence-corrected chi connectivity index (χ2v) is 6.16. The quantitative estimate of drug-likeness (QED) is 0.384. The molecule has 0 saturated heterocycles. The van der Waals surface area contributed by atoms with Gasteiger partial charge in [-0.25, -0.2) is 18.2 Å². The predicted molar refractivity (Wildman–Crippen MR) is 104 cm³/mol. The summed E-state index contributed by atoms with van der Waals surface area (Å²) in [4.78, 5) is 16.1. The number of aliphatic imine (C=N–C) groups is 1. The number of anilines is 1. The van der Waals surface area contributed by atoms with E-state index in [-0.39, 0.29) is 12.5 Å². The third-order valence-electron chi connectivity index (χ3n) is 3.98. The Bertz CT molecular complexity index is 828. The number of guanidine groups is 1. The van der Waals surface area contributed by atoms with Crippen LogP contribution in [0.3, 0.4) is 0 Å². The summed E-state index contributed by atoms with van der Waals surface area (Å²) in [6, 6.07) is 11.6. The summed E-state index contributed by atoms with van der Waals surface area (Å²) in [5.74, 6) is -4.41. The Morgan fingerprint density at radius 2 is 1.75 bits per heavy atom. The molecule has 0 heterocycles. The van der Waals surface area contributed by atoms with Crippen LogP contribution in [0.25, 0.3) is 0 Å². The maximum Gasteiger partial charge on any atom is 0.246 e. The molecule has 0 aliphatic carbocycles. The van der Waals surface area contributed by atoms with Crippen LogP contribution in [0.2, 0.25) is 0 Å². The highest BCUT2D eigenvalue weighted by atomic mass is 19.2. The molecule has 5 nitrogen and oxygen atoms in total. The molecule has 1 atom stereocenters. The molecule has 0 radical (unpaired) electrons. The largest absolute Gasteiger partial charge is 0.357 e. The Kier molecular flexibility index (Phi) is 7.86. The predicted octanol–water partition coefficient (Wildman–Crippen LogP) is 3.40. The Morgan fingerprint density at radius 3 is 2.43 bits per heavy atom. The van der Waals surface area contributed by atoms with Gasteiger partial charge in [0.25, 0.3) is 0 Å². The van der Waals surface area contributed by atoms with E-state index in [1.807, 2.05) is 37.3 Å². The average molecular weight is 392 g/mol. The van der Waals surface area contributed by atoms with Crippen molar-refractivity contribution in [3.8, 4) is 0 Å². The molecule has 1 amide bonds. The minimum Gasteiger partial charge on any atom is -0.357 e. The molecule has 2 aromatic carbocycles. The summed E-state index contributed by atoms with van der Waals surface area (Å²) >= 11 is 0. The third-order valence-corrected chi connectivity index (χ3v) is 3.98. The van der Waals surface area contributed by atoms with Gasteiger partial charge in [-0.2, -0.15) is 0 Å². The van der Waals surface area contributed by atoms with Gasteiger partial charge in [0.2, 0.25) is 5.91 Å². The van der Waals surface area contributed by atoms with E-state index in [0.29, 0.717) is 19.0 Å². The molecule has 2 aromatic rings. The smallest absolute Gasteiger partial charge is 0.246 e. The lowest BCUT2D eigenvalue weighted by Crippen LogP contribution is -2.39. The summed E-state index contributed by atoms with van der Waals surface area (Å²) in [7, 11) is 0. The highest BCUT2D eigenvalue weighted by molar-refractivity contribution is 5.94. The second-order valence-electron chi connectivity index (χ2n) is 6.16. The van der Waals surface area contributed by atoms with E-state index in [1.54, 1.807) is 0 Å². The van der Waals surface area contributed by atoms with E-state index in [4.69, 9.17) is 0 Å². The van der Waals surface area contributed by atoms with E-state index in [2.05, 4.69) is 27.9 Å². The lowest BCUT2D eigenvalue weighted by Gasteiger charge is -2.16. The Hall–Kier alpha value is -3.03. The van der Waals surface area contributed by atoms with Crippen LogP contribution < -0.4 is 16.0 Å². The zero-order valence-electron chi connectivity index (χ0n) is 15.7. The highest BCUT2D eigenvalue weighted by Gasteiger charge is 2.15. The van der Waals surface area contributed by atoms with Gasteiger partial charge in [0.1, 0.15) is 6.54 Å². The zero-order valence-corrected chi connectivity index (χ0v) is 15.7. The molecule has 1 unspecified atom stereocenters. The topological polar surface area (TPSA) is 65.5 Å². The number of halogens is 3. The molecule has 0 aliphatic rings. The van der Waals surface area contributed by atoms with Gasteiger partial charge in [0.15, 0.2) is 23.4 Å². The number of carbonyl (C=O) groups excluding carboxylic acids is 1. The van der Waals surface area contributed by atoms with Crippen LogP contribution >= 0.6 is 0 Å². The fraction of sp³-hybridized carbons (Fsp3) is 0.300. The van der Waals surface area contributed by atoms with E-state index in [9.17, 15) is 18.0 Å². The standard InChI is InChI=1S/C20H23F3N4O/c1-3-24-20(25-11-13(2)14-7-5-4-6-8-14)26-12-17(28)27-16-10-9-15(21)18(22)19(16)23/h4-10,13H,3,11-12H2,1-2H3,(H,27,28)(H2,24,25,26). The van der Waals surface area contributed by atoms with Gasteiger partial charge >= 0.3 is 0 Å². The van der Waals surface area contributed by atoms with Gasteiger partial charge in [-0.1, -0.05) is 37.3 Å². The van der Waals surface area contributed by atoms with Crippen LogP contribution in [0.5, 0.6) is 0 Å². The van der Waals surface area contributed by atoms with E-state index in [0.717, 1.165) is 17.7 Å². The number of hydrogen-bond donors (Lipinski definition) is 3. The van der Waals surface area contributed by atoms with Gasteiger partial charge in [0, 0.05) is 13.1 Å². The number of nitrogens with one attached hydrogen (secondary N) is 3. The van der Waals surface area contributed by atoms with Crippen LogP contribution in [0.1, 0.15) is 25.3 Å². The van der Waals surface area contributed by atoms with Crippen molar-refractivity contribution in [2.45, 2.75) is 19.8 Å². The number of nitrogens with zero attached hydrogens (tertiary/aromatic N) is 1. The zero-order chi connectivity index (χ0) is 20.5. The summed E-state index contributed by atoms with van der Waals surface area (Å²) in [5.41, 5.74) is 0.729. The van der Waals surface area contributed by atoms with Crippen molar-refractivity contribution in [2.75, 3.05) is 25.0 Å². The first-order valence-electron chi connectivity index (χ1n) is 8.92. The van der Waals surface area contributed by atoms with Crippen molar-refractivity contribution < 1.29 is 18.0 Å². The van der Waals surface area contributed by atoms with E-state index >= 15 is 0 Å². The van der Waals surface area contributed by atoms with E-state index < -0.39 is 29.0 Å². The third kappa shape index (κ3) is 6.00. The maximum absolute atomic E-state index is 13.6. The Balaban J connectivity index is 1.94. The maximum atomic E-state index is 13.6. The van der Waals surface area contributed by atoms with Gasteiger partial charge < -0.3 is 16.0 Å². The van der Waals surface area contributed by atoms with Crippen LogP contribution in [-0.2, 0) is 4.79 Å². The molecule has 0 aromatic heterocycles. The van der Waals surface area contributed by atoms with Gasteiger partial charge in [-0.3, -0.25) is 4.79 Å². The molecule has 3 N–H and O–H groups in total. The molecule has 0 fully saturated rings. The van der Waals surface area contributed by atoms with Crippen molar-refractivity contribution in [1.82, 2.24) is 10.6 Å². The molecule has 2 rings (SSSR count). The normalized spacial score (nSPS) is 12.4. The molecule has 0 bridgehead atoms. The minimum absolute atomic E-state index is 0.218. The van der Waals surface area contributed by atoms with E-state index in [1.165, 1.54) is 0 Å². The first kappa shape index (κ1) is 21.3. The van der Waals surface area contributed by atoms with Crippen molar-refractivity contribution in [2.24, 2.45) is 4.99 Å². The summed E-state index contributed by atoms with van der Waals surface area (Å²) in [5, 5.41) is 8.34. The van der Waals surface area contributed by atoms with Crippen molar-refractivity contribution in [3.05, 3.63) is 65.5 Å². The number of carbonyl (C=O) groups is 1. The van der Waals surface area contributed by atoms with Crippen molar-refractivity contribution in [1.29, 1.82) is 0 Å². The van der Waals surface area contributed by atoms with Crippen molar-refractivity contribution in [3.63, 3.8) is 0 Å². The Labute approximate surface area is 162 Å². The summed E-state index contributed by atoms with van der Waals surface area (Å²) in [6.07, 6.45) is 0. The van der Waals surface area contributed by atoms with Crippen LogP contribution in [0, 0.1) is 17.5 Å². The molecule has 0 spiro atoms. The molecule has 0 aliphatic heterocycles. The number of benzene rings is 2. The number of rotatable bonds is 7. The first-order valence-corrected chi connectivity index (χ1v) is 8.92. The van der Waals surface area contributed by atoms with Gasteiger partial charge in [-0.15, -0.1) is 0 Å². The summed E-state index contributed by atoms with van der Waals surface area (Å²) in [6.45, 7) is 4.81.